The Morgan fingerprint density at radius 1 is 1.09 bits per heavy atom. The van der Waals surface area contributed by atoms with E-state index in [0.717, 1.165) is 0 Å². The lowest BCUT2D eigenvalue weighted by Gasteiger charge is -2.25. The smallest absolute Gasteiger partial charge is 0.272 e. The molecule has 5 nitrogen and oxygen atoms in total. The molecule has 1 heterocycles. The van der Waals surface area contributed by atoms with Gasteiger partial charge in [-0.1, -0.05) is 36.4 Å². The second-order valence-electron chi connectivity index (χ2n) is 4.75. The van der Waals surface area contributed by atoms with Gasteiger partial charge in [-0.15, -0.1) is 5.06 Å². The van der Waals surface area contributed by atoms with Crippen LogP contribution in [0.5, 0.6) is 0 Å². The maximum Gasteiger partial charge on any atom is 0.499 e. The number of imide groups is 1. The van der Waals surface area contributed by atoms with Gasteiger partial charge in [0, 0.05) is 0 Å². The zero-order valence-corrected chi connectivity index (χ0v) is 12.1. The fourth-order valence-electron chi connectivity index (χ4n) is 2.35. The topological polar surface area (TPSA) is 63.7 Å². The summed E-state index contributed by atoms with van der Waals surface area (Å²) in [5, 5.41) is 1.10. The van der Waals surface area contributed by atoms with Gasteiger partial charge in [-0.25, -0.2) is 4.21 Å². The van der Waals surface area contributed by atoms with Gasteiger partial charge in [0.05, 0.1) is 12.0 Å². The van der Waals surface area contributed by atoms with Crippen LogP contribution in [0.1, 0.15) is 15.9 Å². The number of halogens is 3. The van der Waals surface area contributed by atoms with E-state index in [2.05, 4.69) is 4.28 Å². The number of hydroxylamine groups is 2. The number of fused-ring (bicyclic) bond motifs is 3. The van der Waals surface area contributed by atoms with E-state index in [1.165, 1.54) is 0 Å². The SMILES string of the molecule is O=C1Cc2ccc3ccccc3c2C(=O)N1OS(=O)C(F)(F)F. The third kappa shape index (κ3) is 2.73. The second-order valence-corrected chi connectivity index (χ2v) is 5.83. The molecule has 0 aromatic heterocycles. The molecular weight excluding hydrogens is 335 g/mol. The van der Waals surface area contributed by atoms with E-state index < -0.39 is 28.4 Å². The summed E-state index contributed by atoms with van der Waals surface area (Å²) >= 11 is -3.80. The van der Waals surface area contributed by atoms with Crippen LogP contribution < -0.4 is 0 Å². The number of carbonyl (C=O) groups is 2. The normalized spacial score (nSPS) is 16.6. The first-order valence-corrected chi connectivity index (χ1v) is 7.41. The van der Waals surface area contributed by atoms with Gasteiger partial charge in [0.25, 0.3) is 22.9 Å². The molecule has 2 aromatic rings. The van der Waals surface area contributed by atoms with Gasteiger partial charge in [-0.3, -0.25) is 9.59 Å². The molecule has 1 aliphatic rings. The molecular formula is C14H8F3NO4S. The van der Waals surface area contributed by atoms with Gasteiger partial charge in [-0.05, 0) is 16.3 Å². The summed E-state index contributed by atoms with van der Waals surface area (Å²) in [7, 11) is 0. The highest BCUT2D eigenvalue weighted by molar-refractivity contribution is 7.81. The van der Waals surface area contributed by atoms with Crippen molar-refractivity contribution in [3.8, 4) is 0 Å². The van der Waals surface area contributed by atoms with Crippen LogP contribution in [-0.2, 0) is 26.6 Å². The van der Waals surface area contributed by atoms with E-state index >= 15 is 0 Å². The first-order chi connectivity index (χ1) is 10.8. The van der Waals surface area contributed by atoms with Crippen LogP contribution in [-0.4, -0.2) is 26.6 Å². The van der Waals surface area contributed by atoms with E-state index in [9.17, 15) is 27.0 Å². The molecule has 120 valence electrons. The van der Waals surface area contributed by atoms with Gasteiger partial charge >= 0.3 is 5.51 Å². The van der Waals surface area contributed by atoms with Crippen molar-refractivity contribution < 1.29 is 31.3 Å². The lowest BCUT2D eigenvalue weighted by atomic mass is 9.93. The van der Waals surface area contributed by atoms with Crippen molar-refractivity contribution in [2.24, 2.45) is 0 Å². The van der Waals surface area contributed by atoms with Gasteiger partial charge in [0.2, 0.25) is 0 Å². The highest BCUT2D eigenvalue weighted by Gasteiger charge is 2.44. The molecule has 9 heteroatoms. The lowest BCUT2D eigenvalue weighted by Crippen LogP contribution is -2.44. The van der Waals surface area contributed by atoms with E-state index in [0.29, 0.717) is 16.3 Å². The van der Waals surface area contributed by atoms with Gasteiger partial charge in [-0.2, -0.15) is 17.5 Å². The van der Waals surface area contributed by atoms with Crippen molar-refractivity contribution >= 4 is 33.7 Å². The molecule has 0 spiro atoms. The molecule has 0 aliphatic carbocycles. The quantitative estimate of drug-likeness (QED) is 0.786. The Balaban J connectivity index is 2.06. The summed E-state index contributed by atoms with van der Waals surface area (Å²) in [5.41, 5.74) is -4.74. The van der Waals surface area contributed by atoms with Crippen molar-refractivity contribution in [1.29, 1.82) is 0 Å². The average Bonchev–Trinajstić information content (AvgIpc) is 2.49. The number of alkyl halides is 3. The third-order valence-electron chi connectivity index (χ3n) is 3.31. The maximum atomic E-state index is 12.4. The fraction of sp³-hybridized carbons (Fsp3) is 0.143. The molecule has 1 unspecified atom stereocenters. The summed E-state index contributed by atoms with van der Waals surface area (Å²) in [5.74, 6) is -2.07. The molecule has 0 saturated carbocycles. The maximum absolute atomic E-state index is 12.4. The Kier molecular flexibility index (Phi) is 3.69. The summed E-state index contributed by atoms with van der Waals surface area (Å²) in [6, 6.07) is 10.00. The van der Waals surface area contributed by atoms with Gasteiger partial charge in [0.1, 0.15) is 0 Å². The van der Waals surface area contributed by atoms with Crippen LogP contribution in [0.2, 0.25) is 0 Å². The number of hydrogen-bond donors (Lipinski definition) is 0. The van der Waals surface area contributed by atoms with Crippen molar-refractivity contribution in [3.63, 3.8) is 0 Å². The summed E-state index contributed by atoms with van der Waals surface area (Å²) in [6.07, 6.45) is -0.318. The molecule has 2 aromatic carbocycles. The highest BCUT2D eigenvalue weighted by atomic mass is 32.2. The van der Waals surface area contributed by atoms with Crippen LogP contribution in [0.25, 0.3) is 10.8 Å². The van der Waals surface area contributed by atoms with Crippen LogP contribution >= 0.6 is 0 Å². The second kappa shape index (κ2) is 5.43. The molecule has 1 atom stereocenters. The van der Waals surface area contributed by atoms with Crippen LogP contribution in [0.4, 0.5) is 13.2 Å². The Labute approximate surface area is 130 Å². The standard InChI is InChI=1S/C14H8F3NO4S/c15-14(16,17)23(21)22-18-11(19)7-9-6-5-8-3-1-2-4-10(8)12(9)13(18)20/h1-6H,7H2. The summed E-state index contributed by atoms with van der Waals surface area (Å²) < 4.78 is 52.1. The number of benzene rings is 2. The van der Waals surface area contributed by atoms with Crippen LogP contribution in [0, 0.1) is 0 Å². The first-order valence-electron chi connectivity index (χ1n) is 6.34. The predicted molar refractivity (Wildman–Crippen MR) is 74.1 cm³/mol. The number of nitrogens with zero attached hydrogens (tertiary/aromatic N) is 1. The fourth-order valence-corrected chi connectivity index (χ4v) is 2.72. The lowest BCUT2D eigenvalue weighted by molar-refractivity contribution is -0.149. The molecule has 0 radical (unpaired) electrons. The minimum atomic E-state index is -5.19. The minimum Gasteiger partial charge on any atom is -0.272 e. The minimum absolute atomic E-state index is 0.0711. The highest BCUT2D eigenvalue weighted by Crippen LogP contribution is 2.30. The summed E-state index contributed by atoms with van der Waals surface area (Å²) in [6.45, 7) is 0. The number of amides is 2. The number of carbonyl (C=O) groups excluding carboxylic acids is 2. The Morgan fingerprint density at radius 2 is 1.78 bits per heavy atom. The van der Waals surface area contributed by atoms with Crippen molar-refractivity contribution in [1.82, 2.24) is 5.06 Å². The van der Waals surface area contributed by atoms with Gasteiger partial charge < -0.3 is 0 Å². The van der Waals surface area contributed by atoms with E-state index in [1.807, 2.05) is 0 Å². The number of rotatable bonds is 2. The summed E-state index contributed by atoms with van der Waals surface area (Å²) in [4.78, 5) is 24.2. The Bertz CT molecular complexity index is 850. The molecule has 23 heavy (non-hydrogen) atoms. The van der Waals surface area contributed by atoms with Crippen LogP contribution in [0.15, 0.2) is 36.4 Å². The number of hydrogen-bond acceptors (Lipinski definition) is 4. The Hall–Kier alpha value is -2.26. The van der Waals surface area contributed by atoms with Gasteiger partial charge in [0.15, 0.2) is 0 Å². The van der Waals surface area contributed by atoms with E-state index in [4.69, 9.17) is 0 Å². The predicted octanol–water partition coefficient (Wildman–Crippen LogP) is 2.48. The first kappa shape index (κ1) is 15.6. The third-order valence-corrected chi connectivity index (χ3v) is 3.98. The molecule has 0 saturated heterocycles. The molecule has 0 N–H and O–H groups in total. The molecule has 3 rings (SSSR count). The van der Waals surface area contributed by atoms with E-state index in [1.54, 1.807) is 36.4 Å². The van der Waals surface area contributed by atoms with Crippen molar-refractivity contribution in [2.45, 2.75) is 11.9 Å². The van der Waals surface area contributed by atoms with Crippen LogP contribution in [0.3, 0.4) is 0 Å². The Morgan fingerprint density at radius 3 is 2.48 bits per heavy atom. The zero-order chi connectivity index (χ0) is 16.8. The molecule has 1 aliphatic heterocycles. The van der Waals surface area contributed by atoms with E-state index in [-0.39, 0.29) is 17.0 Å². The average molecular weight is 343 g/mol. The molecule has 2 amide bonds. The largest absolute Gasteiger partial charge is 0.499 e. The van der Waals surface area contributed by atoms with Crippen molar-refractivity contribution in [2.75, 3.05) is 0 Å². The molecule has 0 bridgehead atoms. The monoisotopic (exact) mass is 343 g/mol. The van der Waals surface area contributed by atoms with Crippen molar-refractivity contribution in [3.05, 3.63) is 47.5 Å². The molecule has 0 fully saturated rings. The zero-order valence-electron chi connectivity index (χ0n) is 11.3.